The predicted octanol–water partition coefficient (Wildman–Crippen LogP) is 4.48. The summed E-state index contributed by atoms with van der Waals surface area (Å²) in [5.41, 5.74) is -1.78. The van der Waals surface area contributed by atoms with Gasteiger partial charge in [-0.25, -0.2) is 15.8 Å². The fourth-order valence-electron chi connectivity index (χ4n) is 2.51. The lowest BCUT2D eigenvalue weighted by Gasteiger charge is -2.15. The van der Waals surface area contributed by atoms with Gasteiger partial charge >= 0.3 is 6.18 Å². The topological polar surface area (TPSA) is 89.9 Å². The van der Waals surface area contributed by atoms with Gasteiger partial charge in [0.1, 0.15) is 11.4 Å². The van der Waals surface area contributed by atoms with Crippen molar-refractivity contribution in [1.82, 2.24) is 14.4 Å². The monoisotopic (exact) mass is 480 g/mol. The molecular formula is C17H10Cl3F3N4O3. The molecule has 0 atom stereocenters. The molecule has 2 aromatic heterocycles. The van der Waals surface area contributed by atoms with Crippen LogP contribution in [0, 0.1) is 0 Å². The Hall–Kier alpha value is -2.53. The van der Waals surface area contributed by atoms with E-state index in [2.05, 4.69) is 4.98 Å². The molecule has 13 heteroatoms. The zero-order valence-electron chi connectivity index (χ0n) is 14.8. The van der Waals surface area contributed by atoms with Crippen molar-refractivity contribution in [3.8, 4) is 5.75 Å². The highest BCUT2D eigenvalue weighted by Gasteiger charge is 2.32. The molecule has 2 heterocycles. The number of methoxy groups -OCH3 is 1. The standard InChI is InChI=1S/C17H10Cl3F3N4O3/c1-30-13-4-9(18)8(3-10(13)19)15(28)27(24)16(29)12-6-26-5-7(17(21,22)23)2-11(20)14(26)25-12/h2-6H,24H2,1H3. The van der Waals surface area contributed by atoms with E-state index >= 15 is 0 Å². The number of pyridine rings is 1. The molecule has 3 rings (SSSR count). The van der Waals surface area contributed by atoms with Crippen LogP contribution in [0.5, 0.6) is 5.75 Å². The van der Waals surface area contributed by atoms with Crippen LogP contribution in [0.2, 0.25) is 15.1 Å². The van der Waals surface area contributed by atoms with Crippen LogP contribution in [-0.4, -0.2) is 33.3 Å². The molecule has 2 amide bonds. The molecule has 30 heavy (non-hydrogen) atoms. The molecule has 1 aromatic carbocycles. The Morgan fingerprint density at radius 1 is 1.07 bits per heavy atom. The second kappa shape index (κ2) is 7.95. The quantitative estimate of drug-likeness (QED) is 0.258. The van der Waals surface area contributed by atoms with E-state index in [4.69, 9.17) is 45.4 Å². The summed E-state index contributed by atoms with van der Waals surface area (Å²) in [6.45, 7) is 0. The molecule has 7 nitrogen and oxygen atoms in total. The molecule has 0 aliphatic heterocycles. The van der Waals surface area contributed by atoms with Crippen LogP contribution in [0.15, 0.2) is 30.6 Å². The third-order valence-electron chi connectivity index (χ3n) is 3.96. The van der Waals surface area contributed by atoms with E-state index in [9.17, 15) is 22.8 Å². The number of imide groups is 1. The van der Waals surface area contributed by atoms with Crippen LogP contribution in [0.25, 0.3) is 5.65 Å². The number of benzene rings is 1. The number of hydrazine groups is 1. The number of nitrogens with two attached hydrogens (primary N) is 1. The first kappa shape index (κ1) is 22.2. The van der Waals surface area contributed by atoms with E-state index in [1.165, 1.54) is 13.2 Å². The van der Waals surface area contributed by atoms with Crippen molar-refractivity contribution in [3.05, 3.63) is 62.5 Å². The number of carbonyl (C=O) groups excluding carboxylic acids is 2. The van der Waals surface area contributed by atoms with E-state index in [-0.39, 0.29) is 37.0 Å². The number of nitrogens with zero attached hydrogens (tertiary/aromatic N) is 3. The van der Waals surface area contributed by atoms with Gasteiger partial charge in [0.25, 0.3) is 11.8 Å². The second-order valence-corrected chi connectivity index (χ2v) is 7.10. The van der Waals surface area contributed by atoms with Crippen LogP contribution in [0.3, 0.4) is 0 Å². The second-order valence-electron chi connectivity index (χ2n) is 5.88. The summed E-state index contributed by atoms with van der Waals surface area (Å²) in [6.07, 6.45) is -2.99. The summed E-state index contributed by atoms with van der Waals surface area (Å²) in [7, 11) is 1.34. The fourth-order valence-corrected chi connectivity index (χ4v) is 3.24. The van der Waals surface area contributed by atoms with E-state index in [0.29, 0.717) is 12.3 Å². The number of rotatable bonds is 3. The van der Waals surface area contributed by atoms with E-state index in [0.717, 1.165) is 16.7 Å². The van der Waals surface area contributed by atoms with E-state index < -0.39 is 29.2 Å². The van der Waals surface area contributed by atoms with Crippen LogP contribution in [-0.2, 0) is 6.18 Å². The minimum absolute atomic E-state index is 0.0466. The highest BCUT2D eigenvalue weighted by molar-refractivity contribution is 6.37. The van der Waals surface area contributed by atoms with E-state index in [1.54, 1.807) is 0 Å². The Balaban J connectivity index is 1.96. The highest BCUT2D eigenvalue weighted by Crippen LogP contribution is 2.33. The molecule has 0 fully saturated rings. The summed E-state index contributed by atoms with van der Waals surface area (Å²) < 4.78 is 44.7. The molecule has 0 unspecified atom stereocenters. The van der Waals surface area contributed by atoms with Crippen molar-refractivity contribution < 1.29 is 27.5 Å². The number of fused-ring (bicyclic) bond motifs is 1. The highest BCUT2D eigenvalue weighted by atomic mass is 35.5. The number of hydrogen-bond acceptors (Lipinski definition) is 5. The molecular weight excluding hydrogens is 472 g/mol. The average molecular weight is 482 g/mol. The van der Waals surface area contributed by atoms with Gasteiger partial charge in [-0.1, -0.05) is 34.8 Å². The Bertz CT molecular complexity index is 1180. The minimum atomic E-state index is -4.66. The van der Waals surface area contributed by atoms with Crippen molar-refractivity contribution in [2.45, 2.75) is 6.18 Å². The van der Waals surface area contributed by atoms with Gasteiger partial charge in [-0.2, -0.15) is 13.2 Å². The number of imidazole rings is 1. The first-order chi connectivity index (χ1) is 13.9. The van der Waals surface area contributed by atoms with Gasteiger partial charge in [-0.05, 0) is 12.1 Å². The van der Waals surface area contributed by atoms with Gasteiger partial charge in [-0.3, -0.25) is 9.59 Å². The number of aromatic nitrogens is 2. The Labute approximate surface area is 181 Å². The molecule has 0 saturated carbocycles. The number of alkyl halides is 3. The molecule has 0 saturated heterocycles. The number of halogens is 6. The van der Waals surface area contributed by atoms with Gasteiger partial charge in [0.15, 0.2) is 5.65 Å². The first-order valence-corrected chi connectivity index (χ1v) is 8.99. The zero-order chi connectivity index (χ0) is 22.4. The molecule has 3 aromatic rings. The van der Waals surface area contributed by atoms with Crippen LogP contribution in [0.4, 0.5) is 13.2 Å². The van der Waals surface area contributed by atoms with Gasteiger partial charge in [0, 0.05) is 18.5 Å². The summed E-state index contributed by atoms with van der Waals surface area (Å²) in [6, 6.07) is 3.09. The van der Waals surface area contributed by atoms with Gasteiger partial charge in [0.05, 0.1) is 33.3 Å². The third-order valence-corrected chi connectivity index (χ3v) is 4.85. The molecule has 0 aliphatic rings. The lowest BCUT2D eigenvalue weighted by Crippen LogP contribution is -2.42. The molecule has 0 radical (unpaired) electrons. The normalized spacial score (nSPS) is 11.6. The Morgan fingerprint density at radius 3 is 2.33 bits per heavy atom. The first-order valence-electron chi connectivity index (χ1n) is 7.86. The van der Waals surface area contributed by atoms with Crippen molar-refractivity contribution in [3.63, 3.8) is 0 Å². The maximum absolute atomic E-state index is 12.9. The van der Waals surface area contributed by atoms with Crippen molar-refractivity contribution >= 4 is 52.3 Å². The van der Waals surface area contributed by atoms with Crippen LogP contribution < -0.4 is 10.6 Å². The number of ether oxygens (including phenoxy) is 1. The van der Waals surface area contributed by atoms with Gasteiger partial charge in [0.2, 0.25) is 0 Å². The maximum atomic E-state index is 12.9. The van der Waals surface area contributed by atoms with E-state index in [1.807, 2.05) is 0 Å². The smallest absolute Gasteiger partial charge is 0.417 e. The lowest BCUT2D eigenvalue weighted by molar-refractivity contribution is -0.137. The summed E-state index contributed by atoms with van der Waals surface area (Å²) >= 11 is 17.8. The summed E-state index contributed by atoms with van der Waals surface area (Å²) in [5, 5.41) is -0.170. The van der Waals surface area contributed by atoms with Gasteiger partial charge < -0.3 is 9.14 Å². The summed E-state index contributed by atoms with van der Waals surface area (Å²) in [4.78, 5) is 29.0. The van der Waals surface area contributed by atoms with Crippen molar-refractivity contribution in [2.75, 3.05) is 7.11 Å². The number of carbonyl (C=O) groups is 2. The largest absolute Gasteiger partial charge is 0.495 e. The third kappa shape index (κ3) is 4.04. The molecule has 0 aliphatic carbocycles. The minimum Gasteiger partial charge on any atom is -0.495 e. The SMILES string of the molecule is COc1cc(Cl)c(C(=O)N(N)C(=O)c2cn3cc(C(F)(F)F)cc(Cl)c3n2)cc1Cl. The number of hydrogen-bond donors (Lipinski definition) is 1. The molecule has 2 N–H and O–H groups in total. The van der Waals surface area contributed by atoms with Crippen molar-refractivity contribution in [2.24, 2.45) is 5.84 Å². The Morgan fingerprint density at radius 2 is 1.73 bits per heavy atom. The van der Waals surface area contributed by atoms with Crippen molar-refractivity contribution in [1.29, 1.82) is 0 Å². The predicted molar refractivity (Wildman–Crippen MR) is 103 cm³/mol. The average Bonchev–Trinajstić information content (AvgIpc) is 3.12. The Kier molecular flexibility index (Phi) is 5.87. The lowest BCUT2D eigenvalue weighted by atomic mass is 10.2. The van der Waals surface area contributed by atoms with Crippen LogP contribution >= 0.6 is 34.8 Å². The zero-order valence-corrected chi connectivity index (χ0v) is 17.1. The molecule has 158 valence electrons. The summed E-state index contributed by atoms with van der Waals surface area (Å²) in [5.74, 6) is 3.69. The molecule has 0 bridgehead atoms. The molecule has 0 spiro atoms. The fraction of sp³-hybridized carbons (Fsp3) is 0.118. The maximum Gasteiger partial charge on any atom is 0.417 e. The van der Waals surface area contributed by atoms with Gasteiger partial charge in [-0.15, -0.1) is 0 Å². The van der Waals surface area contributed by atoms with Crippen LogP contribution in [0.1, 0.15) is 26.4 Å². The number of amides is 2.